The fourth-order valence-corrected chi connectivity index (χ4v) is 2.54. The Hall–Kier alpha value is -2.09. The Bertz CT molecular complexity index is 738. The third kappa shape index (κ3) is 4.05. The van der Waals surface area contributed by atoms with Crippen molar-refractivity contribution in [2.45, 2.75) is 39.0 Å². The summed E-state index contributed by atoms with van der Waals surface area (Å²) in [7, 11) is 1.69. The highest BCUT2D eigenvalue weighted by Gasteiger charge is 2.31. The zero-order valence-electron chi connectivity index (χ0n) is 13.7. The van der Waals surface area contributed by atoms with Crippen molar-refractivity contribution < 1.29 is 23.1 Å². The lowest BCUT2D eigenvalue weighted by atomic mass is 10.0. The van der Waals surface area contributed by atoms with Crippen LogP contribution in [-0.2, 0) is 24.6 Å². The highest BCUT2D eigenvalue weighted by Crippen LogP contribution is 2.31. The summed E-state index contributed by atoms with van der Waals surface area (Å²) >= 11 is 0. The number of rotatable bonds is 6. The SMILES string of the molecule is CC(C)C[C@@H](NCc1nc2cc(C(F)(F)F)ccc2n1C)C(=O)O. The fraction of sp³-hybridized carbons (Fsp3) is 0.500. The number of fused-ring (bicyclic) bond motifs is 1. The first kappa shape index (κ1) is 18.3. The molecule has 8 heteroatoms. The predicted molar refractivity (Wildman–Crippen MR) is 83.4 cm³/mol. The molecular weight excluding hydrogens is 323 g/mol. The van der Waals surface area contributed by atoms with Crippen molar-refractivity contribution in [1.82, 2.24) is 14.9 Å². The van der Waals surface area contributed by atoms with E-state index in [4.69, 9.17) is 0 Å². The molecule has 0 amide bonds. The van der Waals surface area contributed by atoms with Crippen LogP contribution in [0.5, 0.6) is 0 Å². The van der Waals surface area contributed by atoms with Crippen molar-refractivity contribution in [3.8, 4) is 0 Å². The molecule has 0 spiro atoms. The van der Waals surface area contributed by atoms with Crippen LogP contribution in [0.3, 0.4) is 0 Å². The van der Waals surface area contributed by atoms with Crippen LogP contribution < -0.4 is 5.32 Å². The fourth-order valence-electron chi connectivity index (χ4n) is 2.54. The van der Waals surface area contributed by atoms with E-state index in [-0.39, 0.29) is 18.0 Å². The van der Waals surface area contributed by atoms with Gasteiger partial charge in [-0.05, 0) is 30.5 Å². The number of aliphatic carboxylic acids is 1. The van der Waals surface area contributed by atoms with Gasteiger partial charge < -0.3 is 9.67 Å². The number of imidazole rings is 1. The normalized spacial score (nSPS) is 13.6. The van der Waals surface area contributed by atoms with Gasteiger partial charge in [-0.25, -0.2) is 4.98 Å². The molecular formula is C16H20F3N3O2. The Kier molecular flexibility index (Phi) is 5.17. The van der Waals surface area contributed by atoms with Gasteiger partial charge in [0.1, 0.15) is 11.9 Å². The number of alkyl halides is 3. The molecule has 0 bridgehead atoms. The number of benzene rings is 1. The van der Waals surface area contributed by atoms with Crippen LogP contribution in [0.4, 0.5) is 13.2 Å². The van der Waals surface area contributed by atoms with Crippen molar-refractivity contribution in [3.05, 3.63) is 29.6 Å². The van der Waals surface area contributed by atoms with Crippen molar-refractivity contribution in [2.24, 2.45) is 13.0 Å². The van der Waals surface area contributed by atoms with Crippen LogP contribution in [0.15, 0.2) is 18.2 Å². The van der Waals surface area contributed by atoms with E-state index >= 15 is 0 Å². The van der Waals surface area contributed by atoms with Crippen LogP contribution in [0.25, 0.3) is 11.0 Å². The minimum Gasteiger partial charge on any atom is -0.480 e. The largest absolute Gasteiger partial charge is 0.480 e. The minimum absolute atomic E-state index is 0.163. The van der Waals surface area contributed by atoms with E-state index < -0.39 is 23.8 Å². The molecule has 5 nitrogen and oxygen atoms in total. The van der Waals surface area contributed by atoms with Gasteiger partial charge in [0.2, 0.25) is 0 Å². The average Bonchev–Trinajstić information content (AvgIpc) is 2.78. The van der Waals surface area contributed by atoms with Gasteiger partial charge in [-0.2, -0.15) is 13.2 Å². The van der Waals surface area contributed by atoms with Crippen molar-refractivity contribution >= 4 is 17.0 Å². The molecule has 0 aliphatic rings. The Balaban J connectivity index is 2.23. The lowest BCUT2D eigenvalue weighted by molar-refractivity contribution is -0.140. The summed E-state index contributed by atoms with van der Waals surface area (Å²) in [6.07, 6.45) is -3.96. The van der Waals surface area contributed by atoms with E-state index in [0.717, 1.165) is 12.1 Å². The van der Waals surface area contributed by atoms with Gasteiger partial charge >= 0.3 is 12.1 Å². The third-order valence-electron chi connectivity index (χ3n) is 3.81. The molecule has 0 fully saturated rings. The first-order chi connectivity index (χ1) is 11.1. The predicted octanol–water partition coefficient (Wildman–Crippen LogP) is 3.18. The summed E-state index contributed by atoms with van der Waals surface area (Å²) in [5.41, 5.74) is 0.0474. The molecule has 0 aliphatic carbocycles. The molecule has 0 saturated carbocycles. The quantitative estimate of drug-likeness (QED) is 0.845. The maximum absolute atomic E-state index is 12.8. The topological polar surface area (TPSA) is 67.2 Å². The molecule has 2 rings (SSSR count). The van der Waals surface area contributed by atoms with E-state index in [1.807, 2.05) is 13.8 Å². The van der Waals surface area contributed by atoms with Crippen molar-refractivity contribution in [1.29, 1.82) is 0 Å². The number of hydrogen-bond acceptors (Lipinski definition) is 3. The first-order valence-electron chi connectivity index (χ1n) is 7.58. The van der Waals surface area contributed by atoms with Crippen LogP contribution in [0.2, 0.25) is 0 Å². The number of nitrogens with zero attached hydrogens (tertiary/aromatic N) is 2. The van der Waals surface area contributed by atoms with Gasteiger partial charge in [0.05, 0.1) is 23.1 Å². The van der Waals surface area contributed by atoms with Gasteiger partial charge in [-0.1, -0.05) is 13.8 Å². The van der Waals surface area contributed by atoms with Crippen LogP contribution in [-0.4, -0.2) is 26.7 Å². The molecule has 132 valence electrons. The molecule has 24 heavy (non-hydrogen) atoms. The number of nitrogens with one attached hydrogen (secondary N) is 1. The Morgan fingerprint density at radius 2 is 2.04 bits per heavy atom. The Labute approximate surface area is 137 Å². The van der Waals surface area contributed by atoms with Crippen LogP contribution in [0.1, 0.15) is 31.7 Å². The monoisotopic (exact) mass is 343 g/mol. The number of carbonyl (C=O) groups is 1. The smallest absolute Gasteiger partial charge is 0.416 e. The van der Waals surface area contributed by atoms with Crippen molar-refractivity contribution in [3.63, 3.8) is 0 Å². The number of carboxylic acids is 1. The molecule has 1 aromatic heterocycles. The number of halogens is 3. The van der Waals surface area contributed by atoms with Crippen molar-refractivity contribution in [2.75, 3.05) is 0 Å². The summed E-state index contributed by atoms with van der Waals surface area (Å²) in [6.45, 7) is 4.01. The van der Waals surface area contributed by atoms with Crippen LogP contribution in [0, 0.1) is 5.92 Å². The second kappa shape index (κ2) is 6.80. The Morgan fingerprint density at radius 1 is 1.38 bits per heavy atom. The molecule has 1 aromatic carbocycles. The highest BCUT2D eigenvalue weighted by molar-refractivity contribution is 5.77. The number of carboxylic acid groups (broad SMARTS) is 1. The molecule has 0 aliphatic heterocycles. The maximum atomic E-state index is 12.8. The lowest BCUT2D eigenvalue weighted by Gasteiger charge is -2.16. The van der Waals surface area contributed by atoms with Gasteiger partial charge in [0.15, 0.2) is 0 Å². The second-order valence-corrected chi connectivity index (χ2v) is 6.19. The van der Waals surface area contributed by atoms with E-state index in [2.05, 4.69) is 10.3 Å². The second-order valence-electron chi connectivity index (χ2n) is 6.19. The van der Waals surface area contributed by atoms with Gasteiger partial charge in [0.25, 0.3) is 0 Å². The molecule has 1 heterocycles. The molecule has 0 unspecified atom stereocenters. The zero-order valence-corrected chi connectivity index (χ0v) is 13.7. The summed E-state index contributed by atoms with van der Waals surface area (Å²) in [4.78, 5) is 15.5. The zero-order chi connectivity index (χ0) is 18.1. The standard InChI is InChI=1S/C16H20F3N3O2/c1-9(2)6-12(15(23)24)20-8-14-21-11-7-10(16(17,18)19)4-5-13(11)22(14)3/h4-5,7,9,12,20H,6,8H2,1-3H3,(H,23,24)/t12-/m1/s1. The number of aryl methyl sites for hydroxylation is 1. The van der Waals surface area contributed by atoms with Gasteiger partial charge in [-0.15, -0.1) is 0 Å². The highest BCUT2D eigenvalue weighted by atomic mass is 19.4. The first-order valence-corrected chi connectivity index (χ1v) is 7.58. The average molecular weight is 343 g/mol. The Morgan fingerprint density at radius 3 is 2.58 bits per heavy atom. The van der Waals surface area contributed by atoms with E-state index in [0.29, 0.717) is 17.8 Å². The summed E-state index contributed by atoms with van der Waals surface area (Å²) < 4.78 is 40.0. The molecule has 1 atom stereocenters. The van der Waals surface area contributed by atoms with E-state index in [9.17, 15) is 23.1 Å². The summed E-state index contributed by atoms with van der Waals surface area (Å²) in [5.74, 6) is -0.269. The van der Waals surface area contributed by atoms with Gasteiger partial charge in [-0.3, -0.25) is 10.1 Å². The number of aromatic nitrogens is 2. The van der Waals surface area contributed by atoms with E-state index in [1.165, 1.54) is 6.07 Å². The molecule has 2 N–H and O–H groups in total. The summed E-state index contributed by atoms with van der Waals surface area (Å²) in [6, 6.07) is 2.66. The molecule has 0 radical (unpaired) electrons. The van der Waals surface area contributed by atoms with Gasteiger partial charge in [0, 0.05) is 7.05 Å². The minimum atomic E-state index is -4.42. The molecule has 2 aromatic rings. The third-order valence-corrected chi connectivity index (χ3v) is 3.81. The lowest BCUT2D eigenvalue weighted by Crippen LogP contribution is -2.37. The summed E-state index contributed by atoms with van der Waals surface area (Å²) in [5, 5.41) is 12.1. The van der Waals surface area contributed by atoms with E-state index in [1.54, 1.807) is 11.6 Å². The van der Waals surface area contributed by atoms with Crippen LogP contribution >= 0.6 is 0 Å². The maximum Gasteiger partial charge on any atom is 0.416 e. The molecule has 0 saturated heterocycles. The number of hydrogen-bond donors (Lipinski definition) is 2.